The molecule has 5 nitrogen and oxygen atoms in total. The number of nitrogens with two attached hydrogens (primary N) is 1. The van der Waals surface area contributed by atoms with Crippen LogP contribution in [0.1, 0.15) is 49.5 Å². The lowest BCUT2D eigenvalue weighted by Crippen LogP contribution is -2.20. The highest BCUT2D eigenvalue weighted by Gasteiger charge is 2.26. The van der Waals surface area contributed by atoms with Crippen molar-refractivity contribution in [1.82, 2.24) is 10.1 Å². The second-order valence-corrected chi connectivity index (χ2v) is 6.05. The normalized spacial score (nSPS) is 19.1. The number of nitrogens with zero attached hydrogens (tertiary/aromatic N) is 2. The van der Waals surface area contributed by atoms with E-state index in [0.29, 0.717) is 24.2 Å². The molecule has 5 heteroatoms. The molecule has 0 fully saturated rings. The number of ether oxygens (including phenoxy) is 1. The highest BCUT2D eigenvalue weighted by molar-refractivity contribution is 5.36. The summed E-state index contributed by atoms with van der Waals surface area (Å²) in [6.07, 6.45) is 1.71. The standard InChI is InChI=1S/C16H21N3O2/c1-10(2)7-13(17)16-18-15(19-21-16)12-8-11-5-3-4-6-14(11)20-9-12/h3-6,10,12-13H,7-9,17H2,1-2H3/t12?,13-/m1/s1. The molecule has 2 heterocycles. The predicted octanol–water partition coefficient (Wildman–Crippen LogP) is 2.83. The molecular weight excluding hydrogens is 266 g/mol. The van der Waals surface area contributed by atoms with Gasteiger partial charge < -0.3 is 15.0 Å². The maximum atomic E-state index is 6.09. The van der Waals surface area contributed by atoms with Gasteiger partial charge in [-0.25, -0.2) is 0 Å². The van der Waals surface area contributed by atoms with Crippen LogP contribution in [0.3, 0.4) is 0 Å². The molecule has 1 aliphatic rings. The van der Waals surface area contributed by atoms with Gasteiger partial charge in [-0.15, -0.1) is 0 Å². The zero-order valence-electron chi connectivity index (χ0n) is 12.5. The van der Waals surface area contributed by atoms with Gasteiger partial charge in [-0.1, -0.05) is 37.2 Å². The fraction of sp³-hybridized carbons (Fsp3) is 0.500. The Bertz CT molecular complexity index is 609. The smallest absolute Gasteiger partial charge is 0.243 e. The molecule has 1 aromatic heterocycles. The molecular formula is C16H21N3O2. The van der Waals surface area contributed by atoms with E-state index in [4.69, 9.17) is 15.0 Å². The first-order chi connectivity index (χ1) is 10.1. The summed E-state index contributed by atoms with van der Waals surface area (Å²) in [6, 6.07) is 7.88. The third kappa shape index (κ3) is 3.08. The van der Waals surface area contributed by atoms with E-state index in [1.807, 2.05) is 18.2 Å². The molecule has 2 atom stereocenters. The van der Waals surface area contributed by atoms with Crippen molar-refractivity contribution in [3.05, 3.63) is 41.5 Å². The number of rotatable bonds is 4. The van der Waals surface area contributed by atoms with Gasteiger partial charge in [0.2, 0.25) is 5.89 Å². The van der Waals surface area contributed by atoms with Crippen LogP contribution in [0.25, 0.3) is 0 Å². The van der Waals surface area contributed by atoms with Crippen molar-refractivity contribution >= 4 is 0 Å². The van der Waals surface area contributed by atoms with Crippen LogP contribution in [0.5, 0.6) is 5.75 Å². The largest absolute Gasteiger partial charge is 0.493 e. The van der Waals surface area contributed by atoms with Gasteiger partial charge in [0.1, 0.15) is 5.75 Å². The van der Waals surface area contributed by atoms with Crippen LogP contribution in [0, 0.1) is 5.92 Å². The number of aromatic nitrogens is 2. The fourth-order valence-electron chi connectivity index (χ4n) is 2.67. The van der Waals surface area contributed by atoms with Crippen molar-refractivity contribution in [2.75, 3.05) is 6.61 Å². The van der Waals surface area contributed by atoms with E-state index >= 15 is 0 Å². The summed E-state index contributed by atoms with van der Waals surface area (Å²) in [5, 5.41) is 4.10. The SMILES string of the molecule is CC(C)C[C@@H](N)c1nc(C2COc3ccccc3C2)no1. The molecule has 0 saturated carbocycles. The van der Waals surface area contributed by atoms with E-state index < -0.39 is 0 Å². The van der Waals surface area contributed by atoms with Crippen LogP contribution in [0.2, 0.25) is 0 Å². The van der Waals surface area contributed by atoms with Gasteiger partial charge in [0.25, 0.3) is 0 Å². The number of fused-ring (bicyclic) bond motifs is 1. The van der Waals surface area contributed by atoms with Gasteiger partial charge in [0.15, 0.2) is 5.82 Å². The second kappa shape index (κ2) is 5.85. The monoisotopic (exact) mass is 287 g/mol. The van der Waals surface area contributed by atoms with Crippen molar-refractivity contribution in [1.29, 1.82) is 0 Å². The minimum Gasteiger partial charge on any atom is -0.493 e. The predicted molar refractivity (Wildman–Crippen MR) is 79.1 cm³/mol. The van der Waals surface area contributed by atoms with Crippen LogP contribution in [-0.4, -0.2) is 16.7 Å². The summed E-state index contributed by atoms with van der Waals surface area (Å²) in [4.78, 5) is 4.48. The van der Waals surface area contributed by atoms with Gasteiger partial charge in [0.05, 0.1) is 18.6 Å². The number of para-hydroxylation sites is 1. The summed E-state index contributed by atoms with van der Waals surface area (Å²) < 4.78 is 11.1. The lowest BCUT2D eigenvalue weighted by atomic mass is 9.96. The van der Waals surface area contributed by atoms with Crippen molar-refractivity contribution in [3.63, 3.8) is 0 Å². The van der Waals surface area contributed by atoms with Crippen molar-refractivity contribution in [2.45, 2.75) is 38.6 Å². The first kappa shape index (κ1) is 14.1. The highest BCUT2D eigenvalue weighted by Crippen LogP contribution is 2.31. The Kier molecular flexibility index (Phi) is 3.92. The minimum atomic E-state index is -0.192. The maximum absolute atomic E-state index is 6.09. The highest BCUT2D eigenvalue weighted by atomic mass is 16.5. The van der Waals surface area contributed by atoms with E-state index in [2.05, 4.69) is 30.1 Å². The van der Waals surface area contributed by atoms with Crippen LogP contribution >= 0.6 is 0 Å². The topological polar surface area (TPSA) is 74.2 Å². The molecule has 0 aliphatic carbocycles. The molecule has 0 saturated heterocycles. The molecule has 0 radical (unpaired) electrons. The van der Waals surface area contributed by atoms with Crippen LogP contribution in [-0.2, 0) is 6.42 Å². The average Bonchev–Trinajstić information content (AvgIpc) is 2.96. The minimum absolute atomic E-state index is 0.128. The van der Waals surface area contributed by atoms with Gasteiger partial charge in [0, 0.05) is 0 Å². The third-order valence-electron chi connectivity index (χ3n) is 3.74. The maximum Gasteiger partial charge on any atom is 0.243 e. The summed E-state index contributed by atoms with van der Waals surface area (Å²) in [5.41, 5.74) is 7.27. The van der Waals surface area contributed by atoms with E-state index in [9.17, 15) is 0 Å². The third-order valence-corrected chi connectivity index (χ3v) is 3.74. The van der Waals surface area contributed by atoms with Crippen molar-refractivity contribution < 1.29 is 9.26 Å². The van der Waals surface area contributed by atoms with Gasteiger partial charge >= 0.3 is 0 Å². The Labute approximate surface area is 124 Å². The molecule has 0 amide bonds. The van der Waals surface area contributed by atoms with Gasteiger partial charge in [-0.05, 0) is 30.4 Å². The fourth-order valence-corrected chi connectivity index (χ4v) is 2.67. The van der Waals surface area contributed by atoms with Crippen LogP contribution in [0.4, 0.5) is 0 Å². The lowest BCUT2D eigenvalue weighted by Gasteiger charge is -2.22. The Morgan fingerprint density at radius 3 is 2.95 bits per heavy atom. The molecule has 1 unspecified atom stereocenters. The zero-order valence-corrected chi connectivity index (χ0v) is 12.5. The van der Waals surface area contributed by atoms with Crippen LogP contribution < -0.4 is 10.5 Å². The van der Waals surface area contributed by atoms with E-state index in [1.54, 1.807) is 0 Å². The summed E-state index contributed by atoms with van der Waals surface area (Å²) in [6.45, 7) is 4.83. The van der Waals surface area contributed by atoms with E-state index in [1.165, 1.54) is 5.56 Å². The molecule has 1 aromatic carbocycles. The molecule has 0 bridgehead atoms. The molecule has 21 heavy (non-hydrogen) atoms. The Morgan fingerprint density at radius 1 is 1.33 bits per heavy atom. The average molecular weight is 287 g/mol. The summed E-state index contributed by atoms with van der Waals surface area (Å²) >= 11 is 0. The second-order valence-electron chi connectivity index (χ2n) is 6.05. The van der Waals surface area contributed by atoms with Gasteiger partial charge in [-0.2, -0.15) is 4.98 Å². The molecule has 3 rings (SSSR count). The zero-order chi connectivity index (χ0) is 14.8. The molecule has 1 aliphatic heterocycles. The number of hydrogen-bond acceptors (Lipinski definition) is 5. The van der Waals surface area contributed by atoms with Crippen LogP contribution in [0.15, 0.2) is 28.8 Å². The number of benzene rings is 1. The first-order valence-corrected chi connectivity index (χ1v) is 7.43. The molecule has 112 valence electrons. The van der Waals surface area contributed by atoms with Gasteiger partial charge in [-0.3, -0.25) is 0 Å². The van der Waals surface area contributed by atoms with Crippen molar-refractivity contribution in [3.8, 4) is 5.75 Å². The Morgan fingerprint density at radius 2 is 2.14 bits per heavy atom. The lowest BCUT2D eigenvalue weighted by molar-refractivity contribution is 0.253. The first-order valence-electron chi connectivity index (χ1n) is 7.43. The Hall–Kier alpha value is -1.88. The summed E-state index contributed by atoms with van der Waals surface area (Å²) in [5.74, 6) is 2.80. The molecule has 2 N–H and O–H groups in total. The quantitative estimate of drug-likeness (QED) is 0.936. The Balaban J connectivity index is 1.73. The van der Waals surface area contributed by atoms with E-state index in [-0.39, 0.29) is 12.0 Å². The summed E-state index contributed by atoms with van der Waals surface area (Å²) in [7, 11) is 0. The molecule has 0 spiro atoms. The van der Waals surface area contributed by atoms with Crippen molar-refractivity contribution in [2.24, 2.45) is 11.7 Å². The number of hydrogen-bond donors (Lipinski definition) is 1. The van der Waals surface area contributed by atoms with E-state index in [0.717, 1.165) is 18.6 Å². The molecule has 2 aromatic rings.